The molecule has 152 valence electrons. The Hall–Kier alpha value is -3.60. The highest BCUT2D eigenvalue weighted by molar-refractivity contribution is 5.85. The van der Waals surface area contributed by atoms with Gasteiger partial charge in [0.15, 0.2) is 0 Å². The van der Waals surface area contributed by atoms with Gasteiger partial charge >= 0.3 is 12.1 Å². The molecule has 2 N–H and O–H groups in total. The monoisotopic (exact) mass is 401 g/mol. The van der Waals surface area contributed by atoms with Gasteiger partial charge in [-0.1, -0.05) is 67.6 Å². The fourth-order valence-electron chi connectivity index (χ4n) is 3.92. The topological polar surface area (TPSA) is 75.6 Å². The summed E-state index contributed by atoms with van der Waals surface area (Å²) in [6.07, 6.45) is -0.0656. The molecule has 3 aromatic rings. The number of nitrogens with one attached hydrogen (secondary N) is 1. The molecule has 0 saturated carbocycles. The Morgan fingerprint density at radius 3 is 2.07 bits per heavy atom. The van der Waals surface area contributed by atoms with Gasteiger partial charge in [-0.15, -0.1) is 0 Å². The highest BCUT2D eigenvalue weighted by Crippen LogP contribution is 2.44. The molecule has 30 heavy (non-hydrogen) atoms. The van der Waals surface area contributed by atoms with Crippen LogP contribution in [-0.4, -0.2) is 23.8 Å². The van der Waals surface area contributed by atoms with Gasteiger partial charge in [-0.05, 0) is 46.4 Å². The van der Waals surface area contributed by atoms with Crippen molar-refractivity contribution >= 4 is 17.7 Å². The SMILES string of the molecule is C[C@@H](Cc1ccc(NC(=O)OCC2c3ccccc3-c3ccccc32)cc1)C(=O)O. The predicted octanol–water partition coefficient (Wildman–Crippen LogP) is 5.31. The standard InChI is InChI=1S/C25H23NO4/c1-16(24(27)28)14-17-10-12-18(13-11-17)26-25(29)30-15-23-21-8-4-2-6-19(21)20-7-3-5-9-22(20)23/h2-13,16,23H,14-15H2,1H3,(H,26,29)(H,27,28)/t16-/m0/s1. The number of aliphatic carboxylic acids is 1. The number of benzene rings is 3. The molecular formula is C25H23NO4. The Labute approximate surface area is 175 Å². The molecule has 0 bridgehead atoms. The fourth-order valence-corrected chi connectivity index (χ4v) is 3.92. The van der Waals surface area contributed by atoms with E-state index in [-0.39, 0.29) is 12.5 Å². The molecule has 0 aliphatic heterocycles. The van der Waals surface area contributed by atoms with Crippen LogP contribution < -0.4 is 5.32 Å². The van der Waals surface area contributed by atoms with Crippen molar-refractivity contribution in [3.63, 3.8) is 0 Å². The summed E-state index contributed by atoms with van der Waals surface area (Å²) >= 11 is 0. The van der Waals surface area contributed by atoms with Crippen LogP contribution in [0.2, 0.25) is 0 Å². The number of fused-ring (bicyclic) bond motifs is 3. The number of ether oxygens (including phenoxy) is 1. The molecule has 3 aromatic carbocycles. The molecule has 0 saturated heterocycles. The molecule has 0 spiro atoms. The fraction of sp³-hybridized carbons (Fsp3) is 0.200. The summed E-state index contributed by atoms with van der Waals surface area (Å²) in [7, 11) is 0. The maximum Gasteiger partial charge on any atom is 0.411 e. The van der Waals surface area contributed by atoms with E-state index in [0.29, 0.717) is 12.1 Å². The number of carboxylic acid groups (broad SMARTS) is 1. The number of rotatable bonds is 6. The molecule has 5 heteroatoms. The number of carboxylic acids is 1. The van der Waals surface area contributed by atoms with E-state index in [1.54, 1.807) is 19.1 Å². The molecule has 0 aromatic heterocycles. The van der Waals surface area contributed by atoms with Crippen LogP contribution in [0.3, 0.4) is 0 Å². The Morgan fingerprint density at radius 2 is 1.50 bits per heavy atom. The summed E-state index contributed by atoms with van der Waals surface area (Å²) in [4.78, 5) is 23.3. The van der Waals surface area contributed by atoms with Crippen LogP contribution in [0.25, 0.3) is 11.1 Å². The van der Waals surface area contributed by atoms with E-state index in [2.05, 4.69) is 29.6 Å². The Bertz CT molecular complexity index is 1030. The third kappa shape index (κ3) is 4.06. The molecule has 0 fully saturated rings. The quantitative estimate of drug-likeness (QED) is 0.587. The number of hydrogen-bond donors (Lipinski definition) is 2. The van der Waals surface area contributed by atoms with Gasteiger partial charge in [-0.3, -0.25) is 10.1 Å². The van der Waals surface area contributed by atoms with Crippen molar-refractivity contribution < 1.29 is 19.4 Å². The zero-order valence-electron chi connectivity index (χ0n) is 16.7. The van der Waals surface area contributed by atoms with E-state index in [4.69, 9.17) is 9.84 Å². The summed E-state index contributed by atoms with van der Waals surface area (Å²) < 4.78 is 5.54. The summed E-state index contributed by atoms with van der Waals surface area (Å²) in [5, 5.41) is 11.8. The van der Waals surface area contributed by atoms with Crippen LogP contribution >= 0.6 is 0 Å². The first-order valence-electron chi connectivity index (χ1n) is 9.96. The number of hydrogen-bond acceptors (Lipinski definition) is 3. The van der Waals surface area contributed by atoms with Gasteiger partial charge in [-0.2, -0.15) is 0 Å². The summed E-state index contributed by atoms with van der Waals surface area (Å²) in [5.41, 5.74) is 6.23. The van der Waals surface area contributed by atoms with Crippen molar-refractivity contribution in [2.24, 2.45) is 5.92 Å². The van der Waals surface area contributed by atoms with Crippen LogP contribution in [0.5, 0.6) is 0 Å². The van der Waals surface area contributed by atoms with Gasteiger partial charge in [0.2, 0.25) is 0 Å². The lowest BCUT2D eigenvalue weighted by Gasteiger charge is -2.15. The van der Waals surface area contributed by atoms with Crippen molar-refractivity contribution in [2.75, 3.05) is 11.9 Å². The zero-order chi connectivity index (χ0) is 21.1. The third-order valence-electron chi connectivity index (χ3n) is 5.51. The summed E-state index contributed by atoms with van der Waals surface area (Å²) in [5.74, 6) is -1.26. The lowest BCUT2D eigenvalue weighted by molar-refractivity contribution is -0.141. The Kier molecular flexibility index (Phi) is 5.53. The molecule has 1 aliphatic rings. The summed E-state index contributed by atoms with van der Waals surface area (Å²) in [6, 6.07) is 23.6. The van der Waals surface area contributed by atoms with Crippen molar-refractivity contribution in [2.45, 2.75) is 19.3 Å². The van der Waals surface area contributed by atoms with Crippen LogP contribution in [-0.2, 0) is 16.0 Å². The Balaban J connectivity index is 1.38. The average Bonchev–Trinajstić information content (AvgIpc) is 3.07. The van der Waals surface area contributed by atoms with Gasteiger partial charge in [0.25, 0.3) is 0 Å². The van der Waals surface area contributed by atoms with Crippen LogP contribution in [0.4, 0.5) is 10.5 Å². The van der Waals surface area contributed by atoms with E-state index in [1.807, 2.05) is 36.4 Å². The van der Waals surface area contributed by atoms with Crippen molar-refractivity contribution in [3.8, 4) is 11.1 Å². The minimum atomic E-state index is -0.823. The van der Waals surface area contributed by atoms with Gasteiger partial charge in [0, 0.05) is 11.6 Å². The van der Waals surface area contributed by atoms with E-state index >= 15 is 0 Å². The molecule has 1 aliphatic carbocycles. The molecule has 4 rings (SSSR count). The second-order valence-corrected chi connectivity index (χ2v) is 7.59. The van der Waals surface area contributed by atoms with Gasteiger partial charge < -0.3 is 9.84 Å². The molecular weight excluding hydrogens is 378 g/mol. The number of carbonyl (C=O) groups excluding carboxylic acids is 1. The molecule has 1 atom stereocenters. The highest BCUT2D eigenvalue weighted by Gasteiger charge is 2.29. The normalized spacial score (nSPS) is 13.2. The molecule has 1 amide bonds. The maximum atomic E-state index is 12.3. The first-order chi connectivity index (χ1) is 14.5. The van der Waals surface area contributed by atoms with Gasteiger partial charge in [0.1, 0.15) is 6.61 Å². The third-order valence-corrected chi connectivity index (χ3v) is 5.51. The van der Waals surface area contributed by atoms with Gasteiger partial charge in [0.05, 0.1) is 5.92 Å². The number of amides is 1. The molecule has 0 heterocycles. The predicted molar refractivity (Wildman–Crippen MR) is 116 cm³/mol. The number of carbonyl (C=O) groups is 2. The average molecular weight is 401 g/mol. The molecule has 0 radical (unpaired) electrons. The second-order valence-electron chi connectivity index (χ2n) is 7.59. The first-order valence-corrected chi connectivity index (χ1v) is 9.96. The lowest BCUT2D eigenvalue weighted by atomic mass is 9.98. The lowest BCUT2D eigenvalue weighted by Crippen LogP contribution is -2.18. The van der Waals surface area contributed by atoms with Crippen LogP contribution in [0.1, 0.15) is 29.5 Å². The highest BCUT2D eigenvalue weighted by atomic mass is 16.5. The van der Waals surface area contributed by atoms with Crippen molar-refractivity contribution in [3.05, 3.63) is 89.5 Å². The van der Waals surface area contributed by atoms with E-state index in [9.17, 15) is 9.59 Å². The van der Waals surface area contributed by atoms with Crippen molar-refractivity contribution in [1.29, 1.82) is 0 Å². The minimum Gasteiger partial charge on any atom is -0.481 e. The smallest absolute Gasteiger partial charge is 0.411 e. The second kappa shape index (κ2) is 8.41. The zero-order valence-corrected chi connectivity index (χ0v) is 16.7. The van der Waals surface area contributed by atoms with Crippen LogP contribution in [0, 0.1) is 5.92 Å². The Morgan fingerprint density at radius 1 is 0.933 bits per heavy atom. The van der Waals surface area contributed by atoms with E-state index < -0.39 is 18.0 Å². The van der Waals surface area contributed by atoms with E-state index in [1.165, 1.54) is 22.3 Å². The number of anilines is 1. The summed E-state index contributed by atoms with van der Waals surface area (Å²) in [6.45, 7) is 1.93. The maximum absolute atomic E-state index is 12.3. The van der Waals surface area contributed by atoms with E-state index in [0.717, 1.165) is 5.56 Å². The molecule has 0 unspecified atom stereocenters. The largest absolute Gasteiger partial charge is 0.481 e. The van der Waals surface area contributed by atoms with Gasteiger partial charge in [-0.25, -0.2) is 4.79 Å². The van der Waals surface area contributed by atoms with Crippen LogP contribution in [0.15, 0.2) is 72.8 Å². The minimum absolute atomic E-state index is 0.0167. The van der Waals surface area contributed by atoms with Crippen molar-refractivity contribution in [1.82, 2.24) is 0 Å². The molecule has 5 nitrogen and oxygen atoms in total. The first kappa shape index (κ1) is 19.7.